The number of hydrogen-bond acceptors (Lipinski definition) is 7. The number of anilines is 2. The maximum Gasteiger partial charge on any atom is 0.335 e. The van der Waals surface area contributed by atoms with E-state index in [4.69, 9.17) is 22.1 Å². The molecule has 0 aromatic heterocycles. The molecule has 1 fully saturated rings. The number of carboxylic acids is 1. The summed E-state index contributed by atoms with van der Waals surface area (Å²) in [5.74, 6) is -1.64. The third kappa shape index (κ3) is 5.32. The zero-order valence-corrected chi connectivity index (χ0v) is 17.4. The van der Waals surface area contributed by atoms with E-state index in [-0.39, 0.29) is 21.9 Å². The van der Waals surface area contributed by atoms with Gasteiger partial charge in [0.2, 0.25) is 0 Å². The molecular weight excluding hydrogens is 424 g/mol. The molecular formula is C20H20N4O6S. The van der Waals surface area contributed by atoms with E-state index in [1.807, 2.05) is 4.90 Å². The highest BCUT2D eigenvalue weighted by Crippen LogP contribution is 2.26. The number of nitro groups is 1. The largest absolute Gasteiger partial charge is 0.478 e. The molecule has 0 saturated carbocycles. The van der Waals surface area contributed by atoms with Gasteiger partial charge in [-0.05, 0) is 49.0 Å². The summed E-state index contributed by atoms with van der Waals surface area (Å²) in [5.41, 5.74) is 1.75. The number of nitrogens with zero attached hydrogens (tertiary/aromatic N) is 2. The van der Waals surface area contributed by atoms with Crippen LogP contribution in [0.4, 0.5) is 17.1 Å². The molecule has 3 rings (SSSR count). The molecule has 1 amide bonds. The van der Waals surface area contributed by atoms with E-state index in [2.05, 4.69) is 10.6 Å². The van der Waals surface area contributed by atoms with Gasteiger partial charge in [-0.25, -0.2) is 4.79 Å². The number of carbonyl (C=O) groups is 2. The molecule has 0 atom stereocenters. The molecule has 0 spiro atoms. The molecule has 10 nitrogen and oxygen atoms in total. The van der Waals surface area contributed by atoms with Crippen LogP contribution in [-0.2, 0) is 4.74 Å². The Hall–Kier alpha value is -3.57. The third-order valence-electron chi connectivity index (χ3n) is 4.74. The second-order valence-corrected chi connectivity index (χ2v) is 7.21. The summed E-state index contributed by atoms with van der Waals surface area (Å²) in [6, 6.07) is 8.56. The number of carbonyl (C=O) groups excluding carboxylic acids is 1. The van der Waals surface area contributed by atoms with Crippen molar-refractivity contribution in [3.8, 4) is 0 Å². The van der Waals surface area contributed by atoms with Gasteiger partial charge in [-0.15, -0.1) is 0 Å². The summed E-state index contributed by atoms with van der Waals surface area (Å²) in [6.45, 7) is 3.79. The Labute approximate surface area is 183 Å². The Kier molecular flexibility index (Phi) is 6.78. The van der Waals surface area contributed by atoms with Crippen molar-refractivity contribution in [2.75, 3.05) is 36.5 Å². The number of aromatic carboxylic acids is 1. The summed E-state index contributed by atoms with van der Waals surface area (Å²) >= 11 is 5.21. The van der Waals surface area contributed by atoms with E-state index in [1.54, 1.807) is 19.1 Å². The molecule has 3 N–H and O–H groups in total. The van der Waals surface area contributed by atoms with Crippen LogP contribution in [0.1, 0.15) is 26.3 Å². The molecule has 2 aromatic rings. The normalized spacial score (nSPS) is 13.4. The average molecular weight is 444 g/mol. The van der Waals surface area contributed by atoms with Gasteiger partial charge in [0, 0.05) is 30.9 Å². The monoisotopic (exact) mass is 444 g/mol. The minimum Gasteiger partial charge on any atom is -0.478 e. The fourth-order valence-corrected chi connectivity index (χ4v) is 3.36. The maximum absolute atomic E-state index is 12.9. The van der Waals surface area contributed by atoms with Crippen LogP contribution in [-0.4, -0.2) is 53.3 Å². The second kappa shape index (κ2) is 9.49. The summed E-state index contributed by atoms with van der Waals surface area (Å²) in [4.78, 5) is 36.5. The smallest absolute Gasteiger partial charge is 0.335 e. The van der Waals surface area contributed by atoms with Crippen molar-refractivity contribution in [3.05, 3.63) is 63.2 Å². The Morgan fingerprint density at radius 1 is 1.19 bits per heavy atom. The average Bonchev–Trinajstić information content (AvgIpc) is 2.75. The van der Waals surface area contributed by atoms with Crippen molar-refractivity contribution in [2.24, 2.45) is 0 Å². The molecule has 11 heteroatoms. The molecule has 0 bridgehead atoms. The lowest BCUT2D eigenvalue weighted by molar-refractivity contribution is -0.384. The minimum absolute atomic E-state index is 0.0180. The SMILES string of the molecule is Cc1cc(C(=O)O)ccc1NC(=S)NC(=O)c1cc([N+](=O)[O-])ccc1N1CCOCC1. The molecule has 0 unspecified atom stereocenters. The van der Waals surface area contributed by atoms with Gasteiger partial charge in [0.25, 0.3) is 11.6 Å². The molecule has 2 aromatic carbocycles. The van der Waals surface area contributed by atoms with Crippen molar-refractivity contribution >= 4 is 46.3 Å². The molecule has 1 heterocycles. The van der Waals surface area contributed by atoms with Crippen LogP contribution < -0.4 is 15.5 Å². The van der Waals surface area contributed by atoms with E-state index < -0.39 is 16.8 Å². The second-order valence-electron chi connectivity index (χ2n) is 6.80. The quantitative estimate of drug-likeness (QED) is 0.361. The fraction of sp³-hybridized carbons (Fsp3) is 0.250. The van der Waals surface area contributed by atoms with Gasteiger partial charge in [-0.3, -0.25) is 20.2 Å². The minimum atomic E-state index is -1.05. The van der Waals surface area contributed by atoms with Crippen LogP contribution >= 0.6 is 12.2 Å². The Balaban J connectivity index is 1.80. The zero-order valence-electron chi connectivity index (χ0n) is 16.6. The fourth-order valence-electron chi connectivity index (χ4n) is 3.16. The number of ether oxygens (including phenoxy) is 1. The third-order valence-corrected chi connectivity index (χ3v) is 4.94. The number of aryl methyl sites for hydroxylation is 1. The van der Waals surface area contributed by atoms with E-state index in [0.29, 0.717) is 43.2 Å². The van der Waals surface area contributed by atoms with Crippen LogP contribution in [0, 0.1) is 17.0 Å². The number of morpholine rings is 1. The number of thiocarbonyl (C=S) groups is 1. The molecule has 31 heavy (non-hydrogen) atoms. The molecule has 1 aliphatic heterocycles. The van der Waals surface area contributed by atoms with Crippen molar-refractivity contribution in [1.29, 1.82) is 0 Å². The molecule has 162 valence electrons. The Morgan fingerprint density at radius 2 is 1.90 bits per heavy atom. The first-order valence-electron chi connectivity index (χ1n) is 9.33. The van der Waals surface area contributed by atoms with Gasteiger partial charge in [-0.2, -0.15) is 0 Å². The van der Waals surface area contributed by atoms with Crippen molar-refractivity contribution < 1.29 is 24.4 Å². The topological polar surface area (TPSA) is 134 Å². The van der Waals surface area contributed by atoms with E-state index in [0.717, 1.165) is 0 Å². The summed E-state index contributed by atoms with van der Waals surface area (Å²) in [5, 5.41) is 25.6. The number of amides is 1. The van der Waals surface area contributed by atoms with Gasteiger partial charge in [-0.1, -0.05) is 0 Å². The standard InChI is InChI=1S/C20H20N4O6S/c1-12-10-13(19(26)27)2-4-16(12)21-20(31)22-18(25)15-11-14(24(28)29)3-5-17(15)23-6-8-30-9-7-23/h2-5,10-11H,6-9H2,1H3,(H,26,27)(H2,21,22,25,31). The number of benzene rings is 2. The van der Waals surface area contributed by atoms with Gasteiger partial charge < -0.3 is 20.1 Å². The maximum atomic E-state index is 12.9. The predicted octanol–water partition coefficient (Wildman–Crippen LogP) is 2.56. The highest BCUT2D eigenvalue weighted by molar-refractivity contribution is 7.80. The van der Waals surface area contributed by atoms with Crippen molar-refractivity contribution in [1.82, 2.24) is 5.32 Å². The van der Waals surface area contributed by atoms with Crippen LogP contribution in [0.25, 0.3) is 0 Å². The summed E-state index contributed by atoms with van der Waals surface area (Å²) < 4.78 is 5.33. The van der Waals surface area contributed by atoms with Gasteiger partial charge in [0.1, 0.15) is 0 Å². The van der Waals surface area contributed by atoms with Gasteiger partial charge in [0.15, 0.2) is 5.11 Å². The van der Waals surface area contributed by atoms with Crippen LogP contribution in [0.15, 0.2) is 36.4 Å². The first kappa shape index (κ1) is 22.1. The lowest BCUT2D eigenvalue weighted by Gasteiger charge is -2.30. The van der Waals surface area contributed by atoms with E-state index in [1.165, 1.54) is 24.3 Å². The highest BCUT2D eigenvalue weighted by Gasteiger charge is 2.22. The first-order chi connectivity index (χ1) is 14.8. The lowest BCUT2D eigenvalue weighted by atomic mass is 10.1. The lowest BCUT2D eigenvalue weighted by Crippen LogP contribution is -2.39. The molecule has 0 aliphatic carbocycles. The highest BCUT2D eigenvalue weighted by atomic mass is 32.1. The zero-order chi connectivity index (χ0) is 22.5. The predicted molar refractivity (Wildman–Crippen MR) is 118 cm³/mol. The van der Waals surface area contributed by atoms with Crippen LogP contribution in [0.3, 0.4) is 0 Å². The molecule has 0 radical (unpaired) electrons. The van der Waals surface area contributed by atoms with E-state index >= 15 is 0 Å². The number of hydrogen-bond donors (Lipinski definition) is 3. The van der Waals surface area contributed by atoms with Crippen LogP contribution in [0.2, 0.25) is 0 Å². The van der Waals surface area contributed by atoms with Crippen LogP contribution in [0.5, 0.6) is 0 Å². The number of non-ortho nitro benzene ring substituents is 1. The number of rotatable bonds is 5. The van der Waals surface area contributed by atoms with E-state index in [9.17, 15) is 19.7 Å². The number of carboxylic acid groups (broad SMARTS) is 1. The Bertz CT molecular complexity index is 1050. The van der Waals surface area contributed by atoms with Gasteiger partial charge >= 0.3 is 5.97 Å². The van der Waals surface area contributed by atoms with Crippen molar-refractivity contribution in [3.63, 3.8) is 0 Å². The first-order valence-corrected chi connectivity index (χ1v) is 9.74. The van der Waals surface area contributed by atoms with Crippen molar-refractivity contribution in [2.45, 2.75) is 6.92 Å². The summed E-state index contributed by atoms with van der Waals surface area (Å²) in [7, 11) is 0. The Morgan fingerprint density at radius 3 is 2.52 bits per heavy atom. The van der Waals surface area contributed by atoms with Gasteiger partial charge in [0.05, 0.1) is 35.0 Å². The molecule has 1 saturated heterocycles. The number of nitrogens with one attached hydrogen (secondary N) is 2. The molecule has 1 aliphatic rings. The summed E-state index contributed by atoms with van der Waals surface area (Å²) in [6.07, 6.45) is 0. The number of nitro benzene ring substituents is 1.